The monoisotopic (exact) mass is 390 g/mol. The zero-order valence-electron chi connectivity index (χ0n) is 16.6. The molecule has 0 fully saturated rings. The van der Waals surface area contributed by atoms with Crippen LogP contribution in [-0.4, -0.2) is 41.5 Å². The van der Waals surface area contributed by atoms with Crippen molar-refractivity contribution in [3.8, 4) is 0 Å². The van der Waals surface area contributed by atoms with Crippen molar-refractivity contribution < 1.29 is 9.21 Å². The molecule has 0 aliphatic heterocycles. The summed E-state index contributed by atoms with van der Waals surface area (Å²) in [6.45, 7) is 0.368. The third kappa shape index (κ3) is 3.59. The Hall–Kier alpha value is -3.61. The SMILES string of the molecule is CN(Cc1ccc(N(C)C)cc1)C(=O)Cn1cnc2c(oc3ccccc32)c1=O. The van der Waals surface area contributed by atoms with Crippen LogP contribution in [0.3, 0.4) is 0 Å². The van der Waals surface area contributed by atoms with Crippen molar-refractivity contribution in [2.45, 2.75) is 13.1 Å². The lowest BCUT2D eigenvalue weighted by molar-refractivity contribution is -0.131. The van der Waals surface area contributed by atoms with E-state index in [1.54, 1.807) is 18.0 Å². The Balaban J connectivity index is 1.52. The van der Waals surface area contributed by atoms with E-state index >= 15 is 0 Å². The standard InChI is InChI=1S/C22H22N4O3/c1-24(2)16-10-8-15(9-11-16)12-25(3)19(27)13-26-14-23-20-17-6-4-5-7-18(17)29-21(20)22(26)28/h4-11,14H,12-13H2,1-3H3. The number of para-hydroxylation sites is 1. The number of hydrogen-bond donors (Lipinski definition) is 0. The normalized spacial score (nSPS) is 11.1. The minimum atomic E-state index is -0.358. The average molecular weight is 390 g/mol. The molecule has 2 aromatic heterocycles. The lowest BCUT2D eigenvalue weighted by Crippen LogP contribution is -2.33. The number of aromatic nitrogens is 2. The molecule has 7 nitrogen and oxygen atoms in total. The summed E-state index contributed by atoms with van der Waals surface area (Å²) in [5, 5.41) is 0.788. The van der Waals surface area contributed by atoms with Crippen LogP contribution in [0.1, 0.15) is 5.56 Å². The molecule has 0 radical (unpaired) electrons. The summed E-state index contributed by atoms with van der Waals surface area (Å²) >= 11 is 0. The summed E-state index contributed by atoms with van der Waals surface area (Å²) in [6, 6.07) is 15.4. The van der Waals surface area contributed by atoms with Gasteiger partial charge in [0, 0.05) is 38.8 Å². The quantitative estimate of drug-likeness (QED) is 0.524. The van der Waals surface area contributed by atoms with Crippen molar-refractivity contribution in [3.05, 3.63) is 70.8 Å². The van der Waals surface area contributed by atoms with Gasteiger partial charge in [-0.1, -0.05) is 24.3 Å². The number of nitrogens with zero attached hydrogens (tertiary/aromatic N) is 4. The Morgan fingerprint density at radius 1 is 1.07 bits per heavy atom. The Bertz CT molecular complexity index is 1240. The number of furan rings is 1. The second-order valence-corrected chi connectivity index (χ2v) is 7.26. The predicted molar refractivity (Wildman–Crippen MR) is 113 cm³/mol. The van der Waals surface area contributed by atoms with Gasteiger partial charge in [0.25, 0.3) is 5.56 Å². The van der Waals surface area contributed by atoms with Crippen molar-refractivity contribution >= 4 is 33.7 Å². The van der Waals surface area contributed by atoms with Gasteiger partial charge in [0.1, 0.15) is 17.6 Å². The average Bonchev–Trinajstić information content (AvgIpc) is 3.10. The molecule has 29 heavy (non-hydrogen) atoms. The van der Waals surface area contributed by atoms with E-state index in [0.29, 0.717) is 17.6 Å². The fourth-order valence-corrected chi connectivity index (χ4v) is 3.26. The Kier molecular flexibility index (Phi) is 4.80. The fourth-order valence-electron chi connectivity index (χ4n) is 3.26. The molecule has 0 saturated heterocycles. The summed E-state index contributed by atoms with van der Waals surface area (Å²) in [4.78, 5) is 33.4. The van der Waals surface area contributed by atoms with Gasteiger partial charge < -0.3 is 14.2 Å². The first-order chi connectivity index (χ1) is 13.9. The van der Waals surface area contributed by atoms with Crippen LogP contribution in [0, 0.1) is 0 Å². The number of carbonyl (C=O) groups is 1. The Labute approximate surface area is 167 Å². The minimum Gasteiger partial charge on any atom is -0.448 e. The van der Waals surface area contributed by atoms with E-state index in [1.807, 2.05) is 61.5 Å². The number of rotatable bonds is 5. The summed E-state index contributed by atoms with van der Waals surface area (Å²) in [7, 11) is 5.69. The highest BCUT2D eigenvalue weighted by atomic mass is 16.3. The van der Waals surface area contributed by atoms with Crippen molar-refractivity contribution in [1.29, 1.82) is 0 Å². The van der Waals surface area contributed by atoms with Crippen LogP contribution in [0.5, 0.6) is 0 Å². The maximum atomic E-state index is 12.8. The summed E-state index contributed by atoms with van der Waals surface area (Å²) in [5.74, 6) is -0.180. The minimum absolute atomic E-state index is 0.0922. The number of benzene rings is 2. The van der Waals surface area contributed by atoms with E-state index < -0.39 is 0 Å². The van der Waals surface area contributed by atoms with Crippen molar-refractivity contribution in [2.24, 2.45) is 0 Å². The van der Waals surface area contributed by atoms with Crippen LogP contribution in [0.2, 0.25) is 0 Å². The molecule has 0 unspecified atom stereocenters. The highest BCUT2D eigenvalue weighted by Gasteiger charge is 2.16. The summed E-state index contributed by atoms with van der Waals surface area (Å²) in [5.41, 5.74) is 3.05. The Morgan fingerprint density at radius 2 is 1.79 bits per heavy atom. The van der Waals surface area contributed by atoms with E-state index in [2.05, 4.69) is 4.98 Å². The highest BCUT2D eigenvalue weighted by molar-refractivity contribution is 6.01. The van der Waals surface area contributed by atoms with Crippen LogP contribution < -0.4 is 10.5 Å². The number of carbonyl (C=O) groups excluding carboxylic acids is 1. The molecule has 2 heterocycles. The Morgan fingerprint density at radius 3 is 2.52 bits per heavy atom. The molecule has 1 amide bonds. The maximum Gasteiger partial charge on any atom is 0.297 e. The van der Waals surface area contributed by atoms with Crippen molar-refractivity contribution in [1.82, 2.24) is 14.5 Å². The zero-order valence-corrected chi connectivity index (χ0v) is 16.6. The van der Waals surface area contributed by atoms with Gasteiger partial charge in [0.2, 0.25) is 11.5 Å². The highest BCUT2D eigenvalue weighted by Crippen LogP contribution is 2.24. The first-order valence-corrected chi connectivity index (χ1v) is 9.31. The van der Waals surface area contributed by atoms with Gasteiger partial charge in [-0.2, -0.15) is 0 Å². The van der Waals surface area contributed by atoms with E-state index in [1.165, 1.54) is 10.9 Å². The van der Waals surface area contributed by atoms with Crippen LogP contribution in [0.15, 0.2) is 64.1 Å². The molecule has 0 atom stereocenters. The molecule has 0 saturated carbocycles. The van der Waals surface area contributed by atoms with Gasteiger partial charge in [0.15, 0.2) is 0 Å². The number of hydrogen-bond acceptors (Lipinski definition) is 5. The first-order valence-electron chi connectivity index (χ1n) is 9.31. The first kappa shape index (κ1) is 18.7. The van der Waals surface area contributed by atoms with E-state index in [0.717, 1.165) is 16.6 Å². The molecule has 0 aliphatic carbocycles. The van der Waals surface area contributed by atoms with E-state index in [-0.39, 0.29) is 23.6 Å². The molecule has 2 aromatic carbocycles. The van der Waals surface area contributed by atoms with Crippen LogP contribution in [0.25, 0.3) is 22.1 Å². The van der Waals surface area contributed by atoms with Crippen LogP contribution >= 0.6 is 0 Å². The van der Waals surface area contributed by atoms with Crippen molar-refractivity contribution in [2.75, 3.05) is 26.0 Å². The molecule has 4 aromatic rings. The van der Waals surface area contributed by atoms with Gasteiger partial charge in [-0.25, -0.2) is 4.98 Å². The number of fused-ring (bicyclic) bond motifs is 3. The molecule has 0 N–H and O–H groups in total. The lowest BCUT2D eigenvalue weighted by atomic mass is 10.2. The van der Waals surface area contributed by atoms with Gasteiger partial charge in [-0.15, -0.1) is 0 Å². The van der Waals surface area contributed by atoms with Crippen molar-refractivity contribution in [3.63, 3.8) is 0 Å². The van der Waals surface area contributed by atoms with Crippen LogP contribution in [0.4, 0.5) is 5.69 Å². The third-order valence-corrected chi connectivity index (χ3v) is 4.95. The summed E-state index contributed by atoms with van der Waals surface area (Å²) in [6.07, 6.45) is 1.41. The number of amides is 1. The van der Waals surface area contributed by atoms with Gasteiger partial charge >= 0.3 is 0 Å². The molecule has 4 rings (SSSR count). The molecule has 148 valence electrons. The maximum absolute atomic E-state index is 12.8. The lowest BCUT2D eigenvalue weighted by Gasteiger charge is -2.19. The molecular weight excluding hydrogens is 368 g/mol. The molecule has 0 spiro atoms. The molecular formula is C22H22N4O3. The molecule has 7 heteroatoms. The van der Waals surface area contributed by atoms with Gasteiger partial charge in [-0.05, 0) is 29.8 Å². The van der Waals surface area contributed by atoms with Gasteiger partial charge in [-0.3, -0.25) is 14.2 Å². The van der Waals surface area contributed by atoms with E-state index in [4.69, 9.17) is 4.42 Å². The second kappa shape index (κ2) is 7.43. The van der Waals surface area contributed by atoms with Crippen LogP contribution in [-0.2, 0) is 17.9 Å². The number of likely N-dealkylation sites (N-methyl/N-ethyl adjacent to an activating group) is 1. The summed E-state index contributed by atoms with van der Waals surface area (Å²) < 4.78 is 6.96. The smallest absolute Gasteiger partial charge is 0.297 e. The zero-order chi connectivity index (χ0) is 20.5. The topological polar surface area (TPSA) is 71.6 Å². The predicted octanol–water partition coefficient (Wildman–Crippen LogP) is 2.87. The number of anilines is 1. The fraction of sp³-hybridized carbons (Fsp3) is 0.227. The molecule has 0 aliphatic rings. The second-order valence-electron chi connectivity index (χ2n) is 7.26. The largest absolute Gasteiger partial charge is 0.448 e. The van der Waals surface area contributed by atoms with Gasteiger partial charge in [0.05, 0.1) is 6.33 Å². The third-order valence-electron chi connectivity index (χ3n) is 4.95. The van der Waals surface area contributed by atoms with E-state index in [9.17, 15) is 9.59 Å². The molecule has 0 bridgehead atoms.